The van der Waals surface area contributed by atoms with E-state index in [0.717, 1.165) is 16.4 Å². The summed E-state index contributed by atoms with van der Waals surface area (Å²) in [6, 6.07) is 8.25. The third-order valence-electron chi connectivity index (χ3n) is 4.33. The summed E-state index contributed by atoms with van der Waals surface area (Å²) in [6.07, 6.45) is -2.30. The number of hydrogen-bond donors (Lipinski definition) is 0. The highest BCUT2D eigenvalue weighted by Crippen LogP contribution is 2.34. The third kappa shape index (κ3) is 3.60. The second kappa shape index (κ2) is 6.94. The monoisotopic (exact) mass is 377 g/mol. The van der Waals surface area contributed by atoms with Gasteiger partial charge in [0.1, 0.15) is 5.76 Å². The molecule has 0 saturated heterocycles. The van der Waals surface area contributed by atoms with Crippen LogP contribution < -0.4 is 0 Å². The Morgan fingerprint density at radius 3 is 2.52 bits per heavy atom. The van der Waals surface area contributed by atoms with Crippen LogP contribution in [0.1, 0.15) is 32.9 Å². The van der Waals surface area contributed by atoms with E-state index in [1.54, 1.807) is 38.1 Å². The maximum absolute atomic E-state index is 13.8. The second-order valence-electron chi connectivity index (χ2n) is 6.27. The fourth-order valence-corrected chi connectivity index (χ4v) is 2.87. The van der Waals surface area contributed by atoms with E-state index in [9.17, 15) is 18.0 Å². The fourth-order valence-electron chi connectivity index (χ4n) is 2.87. The molecule has 0 aliphatic carbocycles. The van der Waals surface area contributed by atoms with Crippen LogP contribution >= 0.6 is 0 Å². The van der Waals surface area contributed by atoms with Crippen LogP contribution in [0, 0.1) is 13.8 Å². The molecular formula is C19H18F3N3O2. The Morgan fingerprint density at radius 1 is 1.22 bits per heavy atom. The van der Waals surface area contributed by atoms with Gasteiger partial charge in [-0.3, -0.25) is 4.79 Å². The molecule has 3 rings (SSSR count). The van der Waals surface area contributed by atoms with Crippen LogP contribution in [0.5, 0.6) is 0 Å². The average Bonchev–Trinajstić information content (AvgIpc) is 3.21. The summed E-state index contributed by atoms with van der Waals surface area (Å²) in [5.74, 6) is -0.149. The van der Waals surface area contributed by atoms with Gasteiger partial charge in [-0.05, 0) is 31.5 Å². The summed E-state index contributed by atoms with van der Waals surface area (Å²) in [4.78, 5) is 13.9. The molecule has 8 heteroatoms. The Hall–Kier alpha value is -3.03. The number of hydrogen-bond acceptors (Lipinski definition) is 3. The van der Waals surface area contributed by atoms with Crippen LogP contribution in [0.2, 0.25) is 0 Å². The summed E-state index contributed by atoms with van der Waals surface area (Å²) < 4.78 is 47.3. The first kappa shape index (κ1) is 18.8. The van der Waals surface area contributed by atoms with E-state index in [4.69, 9.17) is 4.42 Å². The highest BCUT2D eigenvalue weighted by atomic mass is 19.4. The van der Waals surface area contributed by atoms with E-state index < -0.39 is 23.3 Å². The zero-order valence-electron chi connectivity index (χ0n) is 15.0. The summed E-state index contributed by atoms with van der Waals surface area (Å²) in [5, 5.41) is 3.86. The van der Waals surface area contributed by atoms with Gasteiger partial charge in [0, 0.05) is 19.2 Å². The number of nitrogens with zero attached hydrogens (tertiary/aromatic N) is 3. The van der Waals surface area contributed by atoms with Crippen molar-refractivity contribution < 1.29 is 22.4 Å². The zero-order valence-corrected chi connectivity index (χ0v) is 15.0. The fraction of sp³-hybridized carbons (Fsp3) is 0.263. The lowest BCUT2D eigenvalue weighted by molar-refractivity contribution is -0.143. The van der Waals surface area contributed by atoms with Crippen molar-refractivity contribution >= 4 is 5.91 Å². The van der Waals surface area contributed by atoms with E-state index in [-0.39, 0.29) is 12.2 Å². The number of halogens is 3. The molecule has 27 heavy (non-hydrogen) atoms. The van der Waals surface area contributed by atoms with Gasteiger partial charge in [0.15, 0.2) is 5.69 Å². The van der Waals surface area contributed by atoms with Gasteiger partial charge >= 0.3 is 6.18 Å². The van der Waals surface area contributed by atoms with E-state index in [1.165, 1.54) is 24.3 Å². The molecule has 1 amide bonds. The predicted molar refractivity (Wildman–Crippen MR) is 92.5 cm³/mol. The van der Waals surface area contributed by atoms with Crippen molar-refractivity contribution in [2.75, 3.05) is 7.05 Å². The zero-order chi connectivity index (χ0) is 19.8. The molecule has 1 aromatic carbocycles. The minimum absolute atomic E-state index is 0.133. The molecule has 3 aromatic rings. The third-order valence-corrected chi connectivity index (χ3v) is 4.33. The summed E-state index contributed by atoms with van der Waals surface area (Å²) in [6.45, 7) is 3.55. The molecule has 0 saturated carbocycles. The van der Waals surface area contributed by atoms with Gasteiger partial charge < -0.3 is 9.32 Å². The first-order chi connectivity index (χ1) is 12.7. The molecule has 0 N–H and O–H groups in total. The maximum atomic E-state index is 13.8. The predicted octanol–water partition coefficient (Wildman–Crippen LogP) is 4.37. The maximum Gasteiger partial charge on any atom is 0.434 e. The number of aryl methyl sites for hydroxylation is 2. The highest BCUT2D eigenvalue weighted by molar-refractivity contribution is 5.95. The standard InChI is InChI=1S/C19H18F3N3O2/c1-12-6-4-5-7-16(12)25-17(19(20,21)22)15(10-23-25)18(26)24(3)11-14-8-9-27-13(14)2/h4-10H,11H2,1-3H3. The normalized spacial score (nSPS) is 11.6. The minimum Gasteiger partial charge on any atom is -0.469 e. The molecule has 0 atom stereocenters. The number of rotatable bonds is 4. The van der Waals surface area contributed by atoms with Crippen molar-refractivity contribution in [1.29, 1.82) is 0 Å². The first-order valence-corrected chi connectivity index (χ1v) is 8.19. The molecular weight excluding hydrogens is 359 g/mol. The molecule has 2 aromatic heterocycles. The average molecular weight is 377 g/mol. The van der Waals surface area contributed by atoms with Crippen molar-refractivity contribution in [3.05, 3.63) is 70.9 Å². The Balaban J connectivity index is 2.02. The van der Waals surface area contributed by atoms with E-state index in [2.05, 4.69) is 5.10 Å². The number of amides is 1. The van der Waals surface area contributed by atoms with Crippen LogP contribution in [-0.4, -0.2) is 27.6 Å². The SMILES string of the molecule is Cc1ccccc1-n1ncc(C(=O)N(C)Cc2ccoc2C)c1C(F)(F)F. The minimum atomic E-state index is -4.74. The van der Waals surface area contributed by atoms with E-state index in [0.29, 0.717) is 11.3 Å². The lowest BCUT2D eigenvalue weighted by Crippen LogP contribution is -2.28. The van der Waals surface area contributed by atoms with E-state index >= 15 is 0 Å². The highest BCUT2D eigenvalue weighted by Gasteiger charge is 2.41. The number of furan rings is 1. The Morgan fingerprint density at radius 2 is 1.93 bits per heavy atom. The molecule has 2 heterocycles. The van der Waals surface area contributed by atoms with Crippen molar-refractivity contribution in [3.63, 3.8) is 0 Å². The van der Waals surface area contributed by atoms with Crippen LogP contribution in [0.3, 0.4) is 0 Å². The molecule has 0 aliphatic heterocycles. The van der Waals surface area contributed by atoms with Gasteiger partial charge in [-0.15, -0.1) is 0 Å². The smallest absolute Gasteiger partial charge is 0.434 e. The van der Waals surface area contributed by atoms with E-state index in [1.807, 2.05) is 0 Å². The van der Waals surface area contributed by atoms with Crippen molar-refractivity contribution in [2.24, 2.45) is 0 Å². The van der Waals surface area contributed by atoms with Crippen molar-refractivity contribution in [2.45, 2.75) is 26.6 Å². The number of carbonyl (C=O) groups is 1. The largest absolute Gasteiger partial charge is 0.469 e. The molecule has 0 bridgehead atoms. The molecule has 0 aliphatic rings. The quantitative estimate of drug-likeness (QED) is 0.678. The summed E-state index contributed by atoms with van der Waals surface area (Å²) >= 11 is 0. The van der Waals surface area contributed by atoms with Crippen molar-refractivity contribution in [3.8, 4) is 5.69 Å². The number of carbonyl (C=O) groups excluding carboxylic acids is 1. The molecule has 142 valence electrons. The van der Waals surface area contributed by atoms with Gasteiger partial charge in [0.05, 0.1) is 23.7 Å². The number of alkyl halides is 3. The van der Waals surface area contributed by atoms with Crippen LogP contribution in [-0.2, 0) is 12.7 Å². The molecule has 0 unspecified atom stereocenters. The Bertz CT molecular complexity index is 973. The van der Waals surface area contributed by atoms with Crippen LogP contribution in [0.4, 0.5) is 13.2 Å². The van der Waals surface area contributed by atoms with Gasteiger partial charge in [0.2, 0.25) is 0 Å². The van der Waals surface area contributed by atoms with Gasteiger partial charge in [-0.25, -0.2) is 4.68 Å². The summed E-state index contributed by atoms with van der Waals surface area (Å²) in [5.41, 5.74) is 0.0438. The molecule has 5 nitrogen and oxygen atoms in total. The lowest BCUT2D eigenvalue weighted by atomic mass is 10.1. The van der Waals surface area contributed by atoms with Crippen molar-refractivity contribution in [1.82, 2.24) is 14.7 Å². The lowest BCUT2D eigenvalue weighted by Gasteiger charge is -2.18. The number of para-hydroxylation sites is 1. The number of aromatic nitrogens is 2. The van der Waals surface area contributed by atoms with Crippen LogP contribution in [0.15, 0.2) is 47.2 Å². The summed E-state index contributed by atoms with van der Waals surface area (Å²) in [7, 11) is 1.44. The molecule has 0 radical (unpaired) electrons. The van der Waals surface area contributed by atoms with Gasteiger partial charge in [0.25, 0.3) is 5.91 Å². The second-order valence-corrected chi connectivity index (χ2v) is 6.27. The number of benzene rings is 1. The van der Waals surface area contributed by atoms with Crippen LogP contribution in [0.25, 0.3) is 5.69 Å². The van der Waals surface area contributed by atoms with Gasteiger partial charge in [-0.2, -0.15) is 18.3 Å². The molecule has 0 fully saturated rings. The Kier molecular flexibility index (Phi) is 4.82. The Labute approximate surface area is 154 Å². The molecule has 0 spiro atoms. The first-order valence-electron chi connectivity index (χ1n) is 8.19. The topological polar surface area (TPSA) is 51.3 Å². The van der Waals surface area contributed by atoms with Gasteiger partial charge in [-0.1, -0.05) is 18.2 Å².